The molecule has 3 nitrogen and oxygen atoms in total. The SMILES string of the molecule is c1ccc(C2CSC(c3c[nH]c4ncccc34)=N2)cc1. The predicted molar refractivity (Wildman–Crippen MR) is 84.3 cm³/mol. The van der Waals surface area contributed by atoms with Crippen molar-refractivity contribution in [3.05, 3.63) is 66.0 Å². The maximum atomic E-state index is 4.88. The molecule has 4 rings (SSSR count). The molecular weight excluding hydrogens is 266 g/mol. The average molecular weight is 279 g/mol. The van der Waals surface area contributed by atoms with Crippen LogP contribution in [0, 0.1) is 0 Å². The zero-order chi connectivity index (χ0) is 13.4. The molecule has 20 heavy (non-hydrogen) atoms. The Morgan fingerprint density at radius 2 is 2.00 bits per heavy atom. The number of hydrogen-bond acceptors (Lipinski definition) is 3. The van der Waals surface area contributed by atoms with Crippen molar-refractivity contribution in [2.45, 2.75) is 6.04 Å². The number of nitrogens with one attached hydrogen (secondary N) is 1. The van der Waals surface area contributed by atoms with Gasteiger partial charge in [0.2, 0.25) is 0 Å². The Balaban J connectivity index is 1.73. The standard InChI is InChI=1S/C16H13N3S/c1-2-5-11(6-3-1)14-10-20-16(19-14)13-9-18-15-12(13)7-4-8-17-15/h1-9,14H,10H2,(H,17,18). The van der Waals surface area contributed by atoms with Crippen LogP contribution in [0.4, 0.5) is 0 Å². The number of aliphatic imine (C=N–C) groups is 1. The van der Waals surface area contributed by atoms with Crippen molar-refractivity contribution in [1.29, 1.82) is 0 Å². The van der Waals surface area contributed by atoms with Gasteiger partial charge in [-0.25, -0.2) is 4.98 Å². The molecule has 1 aliphatic heterocycles. The summed E-state index contributed by atoms with van der Waals surface area (Å²) in [4.78, 5) is 12.4. The largest absolute Gasteiger partial charge is 0.345 e. The summed E-state index contributed by atoms with van der Waals surface area (Å²) in [6.45, 7) is 0. The number of rotatable bonds is 2. The first-order valence-electron chi connectivity index (χ1n) is 6.60. The van der Waals surface area contributed by atoms with Crippen LogP contribution < -0.4 is 0 Å². The lowest BCUT2D eigenvalue weighted by atomic mass is 10.1. The molecule has 0 aliphatic carbocycles. The number of thioether (sulfide) groups is 1. The quantitative estimate of drug-likeness (QED) is 0.775. The summed E-state index contributed by atoms with van der Waals surface area (Å²) in [6, 6.07) is 14.8. The Morgan fingerprint density at radius 3 is 2.90 bits per heavy atom. The normalized spacial score (nSPS) is 18.4. The molecule has 1 unspecified atom stereocenters. The molecule has 1 aromatic carbocycles. The third-order valence-corrected chi connectivity index (χ3v) is 4.60. The van der Waals surface area contributed by atoms with Crippen LogP contribution in [0.1, 0.15) is 17.2 Å². The Morgan fingerprint density at radius 1 is 1.10 bits per heavy atom. The lowest BCUT2D eigenvalue weighted by Crippen LogP contribution is -1.93. The van der Waals surface area contributed by atoms with E-state index in [2.05, 4.69) is 40.3 Å². The van der Waals surface area contributed by atoms with Crippen LogP contribution in [0.3, 0.4) is 0 Å². The Bertz CT molecular complexity index is 777. The zero-order valence-corrected chi connectivity index (χ0v) is 11.6. The molecule has 0 fully saturated rings. The van der Waals surface area contributed by atoms with E-state index in [9.17, 15) is 0 Å². The summed E-state index contributed by atoms with van der Waals surface area (Å²) in [7, 11) is 0. The molecule has 0 amide bonds. The smallest absolute Gasteiger partial charge is 0.137 e. The molecule has 0 radical (unpaired) electrons. The number of aromatic nitrogens is 2. The molecule has 4 heteroatoms. The van der Waals surface area contributed by atoms with Crippen molar-refractivity contribution < 1.29 is 0 Å². The second-order valence-electron chi connectivity index (χ2n) is 4.77. The van der Waals surface area contributed by atoms with Crippen molar-refractivity contribution in [2.24, 2.45) is 4.99 Å². The first-order chi connectivity index (χ1) is 9.92. The van der Waals surface area contributed by atoms with Gasteiger partial charge in [-0.2, -0.15) is 0 Å². The summed E-state index contributed by atoms with van der Waals surface area (Å²) >= 11 is 1.82. The molecule has 0 spiro atoms. The number of aromatic amines is 1. The molecule has 0 bridgehead atoms. The molecule has 1 N–H and O–H groups in total. The third-order valence-electron chi connectivity index (χ3n) is 3.52. The number of H-pyrrole nitrogens is 1. The van der Waals surface area contributed by atoms with Crippen molar-refractivity contribution in [3.63, 3.8) is 0 Å². The van der Waals surface area contributed by atoms with Crippen LogP contribution in [0.25, 0.3) is 11.0 Å². The van der Waals surface area contributed by atoms with Crippen molar-refractivity contribution >= 4 is 27.8 Å². The van der Waals surface area contributed by atoms with E-state index in [1.54, 1.807) is 6.20 Å². The maximum absolute atomic E-state index is 4.88. The van der Waals surface area contributed by atoms with Crippen molar-refractivity contribution in [3.8, 4) is 0 Å². The van der Waals surface area contributed by atoms with E-state index in [4.69, 9.17) is 4.99 Å². The van der Waals surface area contributed by atoms with Crippen LogP contribution in [-0.4, -0.2) is 20.8 Å². The molecule has 1 aliphatic rings. The van der Waals surface area contributed by atoms with Gasteiger partial charge in [-0.15, -0.1) is 11.8 Å². The van der Waals surface area contributed by atoms with E-state index in [-0.39, 0.29) is 6.04 Å². The third kappa shape index (κ3) is 1.93. The first-order valence-corrected chi connectivity index (χ1v) is 7.58. The number of fused-ring (bicyclic) bond motifs is 1. The van der Waals surface area contributed by atoms with E-state index < -0.39 is 0 Å². The number of nitrogens with zero attached hydrogens (tertiary/aromatic N) is 2. The summed E-state index contributed by atoms with van der Waals surface area (Å²) in [5.74, 6) is 1.01. The van der Waals surface area contributed by atoms with Gasteiger partial charge in [0.25, 0.3) is 0 Å². The minimum absolute atomic E-state index is 0.262. The van der Waals surface area contributed by atoms with Crippen LogP contribution in [-0.2, 0) is 0 Å². The monoisotopic (exact) mass is 279 g/mol. The predicted octanol–water partition coefficient (Wildman–Crippen LogP) is 3.80. The van der Waals surface area contributed by atoms with Crippen molar-refractivity contribution in [2.75, 3.05) is 5.75 Å². The lowest BCUT2D eigenvalue weighted by molar-refractivity contribution is 0.850. The highest BCUT2D eigenvalue weighted by Gasteiger charge is 2.22. The minimum atomic E-state index is 0.262. The molecule has 0 saturated heterocycles. The molecule has 98 valence electrons. The van der Waals surface area contributed by atoms with Crippen LogP contribution in [0.15, 0.2) is 59.9 Å². The topological polar surface area (TPSA) is 41.0 Å². The summed E-state index contributed by atoms with van der Waals surface area (Å²) in [5, 5.41) is 2.26. The molecular formula is C16H13N3S. The fourth-order valence-corrected chi connectivity index (χ4v) is 3.61. The van der Waals surface area contributed by atoms with Crippen LogP contribution in [0.2, 0.25) is 0 Å². The average Bonchev–Trinajstić information content (AvgIpc) is 3.14. The van der Waals surface area contributed by atoms with E-state index in [1.807, 2.05) is 30.1 Å². The summed E-state index contributed by atoms with van der Waals surface area (Å²) < 4.78 is 0. The minimum Gasteiger partial charge on any atom is -0.345 e. The van der Waals surface area contributed by atoms with Gasteiger partial charge in [-0.05, 0) is 17.7 Å². The molecule has 1 atom stereocenters. The highest BCUT2D eigenvalue weighted by molar-refractivity contribution is 8.14. The Kier molecular flexibility index (Phi) is 2.81. The first kappa shape index (κ1) is 11.7. The lowest BCUT2D eigenvalue weighted by Gasteiger charge is -2.04. The number of hydrogen-bond donors (Lipinski definition) is 1. The van der Waals surface area contributed by atoms with Gasteiger partial charge >= 0.3 is 0 Å². The van der Waals surface area contributed by atoms with Crippen LogP contribution >= 0.6 is 11.8 Å². The fourth-order valence-electron chi connectivity index (χ4n) is 2.50. The van der Waals surface area contributed by atoms with Crippen LogP contribution in [0.5, 0.6) is 0 Å². The Labute approximate surface area is 121 Å². The second-order valence-corrected chi connectivity index (χ2v) is 5.78. The summed E-state index contributed by atoms with van der Waals surface area (Å²) in [6.07, 6.45) is 3.82. The molecule has 0 saturated carbocycles. The van der Waals surface area contributed by atoms with E-state index >= 15 is 0 Å². The van der Waals surface area contributed by atoms with Gasteiger partial charge in [0, 0.05) is 29.1 Å². The fraction of sp³-hybridized carbons (Fsp3) is 0.125. The highest BCUT2D eigenvalue weighted by Crippen LogP contribution is 2.34. The number of benzene rings is 1. The van der Waals surface area contributed by atoms with Crippen molar-refractivity contribution in [1.82, 2.24) is 9.97 Å². The van der Waals surface area contributed by atoms with E-state index in [0.29, 0.717) is 0 Å². The molecule has 3 aromatic rings. The van der Waals surface area contributed by atoms with Gasteiger partial charge in [-0.3, -0.25) is 4.99 Å². The maximum Gasteiger partial charge on any atom is 0.137 e. The zero-order valence-electron chi connectivity index (χ0n) is 10.8. The Hall–Kier alpha value is -2.07. The molecule has 2 aromatic heterocycles. The highest BCUT2D eigenvalue weighted by atomic mass is 32.2. The number of pyridine rings is 1. The second kappa shape index (κ2) is 4.80. The van der Waals surface area contributed by atoms with Gasteiger partial charge in [0.15, 0.2) is 0 Å². The van der Waals surface area contributed by atoms with E-state index in [1.165, 1.54) is 5.56 Å². The van der Waals surface area contributed by atoms with Gasteiger partial charge in [0.05, 0.1) is 6.04 Å². The molecule has 3 heterocycles. The summed E-state index contributed by atoms with van der Waals surface area (Å²) in [5.41, 5.74) is 3.37. The van der Waals surface area contributed by atoms with E-state index in [0.717, 1.165) is 27.4 Å². The van der Waals surface area contributed by atoms with Gasteiger partial charge in [0.1, 0.15) is 10.7 Å². The van der Waals surface area contributed by atoms with Gasteiger partial charge in [-0.1, -0.05) is 30.3 Å². The van der Waals surface area contributed by atoms with Gasteiger partial charge < -0.3 is 4.98 Å².